The normalized spacial score (nSPS) is 11.5. The molecule has 0 radical (unpaired) electrons. The van der Waals surface area contributed by atoms with Crippen LogP contribution in [0.3, 0.4) is 0 Å². The van der Waals surface area contributed by atoms with E-state index < -0.39 is 6.36 Å². The van der Waals surface area contributed by atoms with Crippen LogP contribution in [0.15, 0.2) is 53.6 Å². The number of alkyl halides is 3. The lowest BCUT2D eigenvalue weighted by molar-refractivity contribution is -0.274. The highest BCUT2D eigenvalue weighted by molar-refractivity contribution is 5.81. The lowest BCUT2D eigenvalue weighted by Crippen LogP contribution is -2.16. The molecule has 0 saturated carbocycles. The first kappa shape index (κ1) is 15.9. The summed E-state index contributed by atoms with van der Waals surface area (Å²) in [7, 11) is 0. The van der Waals surface area contributed by atoms with Crippen LogP contribution < -0.4 is 9.47 Å². The lowest BCUT2D eigenvalue weighted by atomic mass is 10.1. The summed E-state index contributed by atoms with van der Waals surface area (Å²) in [6.45, 7) is 3.81. The van der Waals surface area contributed by atoms with Crippen LogP contribution in [0.4, 0.5) is 13.2 Å². The average molecular weight is 335 g/mol. The third kappa shape index (κ3) is 3.68. The molecule has 0 fully saturated rings. The van der Waals surface area contributed by atoms with Gasteiger partial charge in [0.05, 0.1) is 0 Å². The molecule has 0 saturated heterocycles. The maximum atomic E-state index is 12.1. The third-order valence-electron chi connectivity index (χ3n) is 3.24. The molecule has 0 unspecified atom stereocenters. The molecule has 2 aromatic carbocycles. The minimum Gasteiger partial charge on any atom is -0.487 e. The van der Waals surface area contributed by atoms with Gasteiger partial charge in [0.25, 0.3) is 0 Å². The molecule has 0 amide bonds. The molecule has 124 valence electrons. The van der Waals surface area contributed by atoms with E-state index >= 15 is 0 Å². The van der Waals surface area contributed by atoms with E-state index in [1.165, 1.54) is 24.3 Å². The number of halogens is 3. The van der Waals surface area contributed by atoms with Gasteiger partial charge in [0.1, 0.15) is 23.8 Å². The van der Waals surface area contributed by atoms with E-state index in [4.69, 9.17) is 9.26 Å². The molecular formula is C17H12F3NO3. The van der Waals surface area contributed by atoms with Gasteiger partial charge in [-0.3, -0.25) is 0 Å². The zero-order valence-electron chi connectivity index (χ0n) is 12.3. The topological polar surface area (TPSA) is 44.5 Å². The number of nitrogens with zero attached hydrogens (tertiary/aromatic N) is 1. The minimum atomic E-state index is -4.72. The Bertz CT molecular complexity index is 854. The van der Waals surface area contributed by atoms with Gasteiger partial charge in [-0.25, -0.2) is 0 Å². The molecule has 4 nitrogen and oxygen atoms in total. The molecule has 0 aliphatic rings. The molecule has 0 spiro atoms. The molecule has 0 aliphatic carbocycles. The monoisotopic (exact) mass is 335 g/mol. The van der Waals surface area contributed by atoms with E-state index in [-0.39, 0.29) is 12.4 Å². The maximum absolute atomic E-state index is 12.1. The fraction of sp³-hybridized carbons (Fsp3) is 0.118. The number of hydrogen-bond acceptors (Lipinski definition) is 4. The largest absolute Gasteiger partial charge is 0.573 e. The number of hydrogen-bond donors (Lipinski definition) is 0. The highest BCUT2D eigenvalue weighted by atomic mass is 19.4. The second-order valence-corrected chi connectivity index (χ2v) is 4.90. The van der Waals surface area contributed by atoms with Crippen molar-refractivity contribution >= 4 is 17.0 Å². The zero-order valence-corrected chi connectivity index (χ0v) is 12.3. The molecule has 1 heterocycles. The number of rotatable bonds is 5. The van der Waals surface area contributed by atoms with Crippen molar-refractivity contribution in [1.29, 1.82) is 0 Å². The summed E-state index contributed by atoms with van der Waals surface area (Å²) in [5.74, 6) is 0.0853. The van der Waals surface area contributed by atoms with Crippen LogP contribution in [0.2, 0.25) is 0 Å². The summed E-state index contributed by atoms with van der Waals surface area (Å²) in [5.41, 5.74) is 2.11. The molecule has 0 atom stereocenters. The van der Waals surface area contributed by atoms with E-state index in [0.717, 1.165) is 10.9 Å². The van der Waals surface area contributed by atoms with Crippen molar-refractivity contribution in [2.75, 3.05) is 0 Å². The van der Waals surface area contributed by atoms with Gasteiger partial charge in [0, 0.05) is 5.39 Å². The van der Waals surface area contributed by atoms with Gasteiger partial charge in [-0.15, -0.1) is 13.2 Å². The number of fused-ring (bicyclic) bond motifs is 1. The van der Waals surface area contributed by atoms with Crippen LogP contribution in [-0.2, 0) is 6.61 Å². The van der Waals surface area contributed by atoms with Gasteiger partial charge in [0.2, 0.25) is 0 Å². The molecule has 3 aromatic rings. The standard InChI is InChI=1S/C17H12F3NO3/c1-2-11-3-8-14-15(21-24-16(14)9-11)10-22-12-4-6-13(7-5-12)23-17(18,19)20/h2-9H,1,10H2. The van der Waals surface area contributed by atoms with E-state index in [2.05, 4.69) is 16.5 Å². The van der Waals surface area contributed by atoms with Crippen LogP contribution >= 0.6 is 0 Å². The Hall–Kier alpha value is -2.96. The molecular weight excluding hydrogens is 323 g/mol. The van der Waals surface area contributed by atoms with E-state index in [1.807, 2.05) is 18.2 Å². The van der Waals surface area contributed by atoms with Crippen LogP contribution in [0.25, 0.3) is 17.0 Å². The Labute approximate surface area is 135 Å². The van der Waals surface area contributed by atoms with Gasteiger partial charge in [-0.05, 0) is 42.0 Å². The van der Waals surface area contributed by atoms with Crippen LogP contribution in [0.5, 0.6) is 11.5 Å². The summed E-state index contributed by atoms with van der Waals surface area (Å²) in [5, 5.41) is 4.75. The Morgan fingerprint density at radius 3 is 2.46 bits per heavy atom. The molecule has 0 bridgehead atoms. The van der Waals surface area contributed by atoms with Crippen molar-refractivity contribution < 1.29 is 27.2 Å². The van der Waals surface area contributed by atoms with E-state index in [1.54, 1.807) is 6.08 Å². The second kappa shape index (κ2) is 6.27. The predicted molar refractivity (Wildman–Crippen MR) is 81.6 cm³/mol. The van der Waals surface area contributed by atoms with Gasteiger partial charge in [-0.1, -0.05) is 23.9 Å². The number of ether oxygens (including phenoxy) is 2. The van der Waals surface area contributed by atoms with Crippen molar-refractivity contribution in [3.8, 4) is 11.5 Å². The quantitative estimate of drug-likeness (QED) is 0.662. The van der Waals surface area contributed by atoms with Gasteiger partial charge < -0.3 is 14.0 Å². The average Bonchev–Trinajstić information content (AvgIpc) is 2.95. The van der Waals surface area contributed by atoms with Crippen molar-refractivity contribution in [2.45, 2.75) is 13.0 Å². The third-order valence-corrected chi connectivity index (χ3v) is 3.24. The summed E-state index contributed by atoms with van der Waals surface area (Å²) in [6, 6.07) is 10.7. The SMILES string of the molecule is C=Cc1ccc2c(COc3ccc(OC(F)(F)F)cc3)noc2c1. The van der Waals surface area contributed by atoms with Crippen LogP contribution in [0, 0.1) is 0 Å². The summed E-state index contributed by atoms with van der Waals surface area (Å²) < 4.78 is 50.8. The minimum absolute atomic E-state index is 0.125. The second-order valence-electron chi connectivity index (χ2n) is 4.90. The Balaban J connectivity index is 1.68. The summed E-state index contributed by atoms with van der Waals surface area (Å²) in [6.07, 6.45) is -3.02. The molecule has 7 heteroatoms. The van der Waals surface area contributed by atoms with Crippen LogP contribution in [-0.4, -0.2) is 11.5 Å². The molecule has 0 N–H and O–H groups in total. The molecule has 3 rings (SSSR count). The van der Waals surface area contributed by atoms with Crippen molar-refractivity contribution in [3.05, 3.63) is 60.3 Å². The lowest BCUT2D eigenvalue weighted by Gasteiger charge is -2.09. The van der Waals surface area contributed by atoms with Crippen molar-refractivity contribution in [1.82, 2.24) is 5.16 Å². The zero-order chi connectivity index (χ0) is 17.2. The van der Waals surface area contributed by atoms with E-state index in [9.17, 15) is 13.2 Å². The van der Waals surface area contributed by atoms with E-state index in [0.29, 0.717) is 17.0 Å². The fourth-order valence-electron chi connectivity index (χ4n) is 2.13. The Morgan fingerprint density at radius 2 is 1.79 bits per heavy atom. The highest BCUT2D eigenvalue weighted by Crippen LogP contribution is 2.26. The predicted octanol–water partition coefficient (Wildman–Crippen LogP) is 4.95. The summed E-state index contributed by atoms with van der Waals surface area (Å²) in [4.78, 5) is 0. The molecule has 0 aliphatic heterocycles. The molecule has 24 heavy (non-hydrogen) atoms. The fourth-order valence-corrected chi connectivity index (χ4v) is 2.13. The number of benzene rings is 2. The summed E-state index contributed by atoms with van der Waals surface area (Å²) >= 11 is 0. The smallest absolute Gasteiger partial charge is 0.487 e. The first-order chi connectivity index (χ1) is 11.4. The number of aromatic nitrogens is 1. The van der Waals surface area contributed by atoms with Gasteiger partial charge in [0.15, 0.2) is 5.58 Å². The van der Waals surface area contributed by atoms with Gasteiger partial charge in [-0.2, -0.15) is 0 Å². The van der Waals surface area contributed by atoms with Crippen molar-refractivity contribution in [2.24, 2.45) is 0 Å². The molecule has 1 aromatic heterocycles. The maximum Gasteiger partial charge on any atom is 0.573 e. The van der Waals surface area contributed by atoms with Crippen LogP contribution in [0.1, 0.15) is 11.3 Å². The van der Waals surface area contributed by atoms with Gasteiger partial charge >= 0.3 is 6.36 Å². The first-order valence-electron chi connectivity index (χ1n) is 6.94. The Kier molecular flexibility index (Phi) is 4.16. The first-order valence-corrected chi connectivity index (χ1v) is 6.94. The highest BCUT2D eigenvalue weighted by Gasteiger charge is 2.30. The Morgan fingerprint density at radius 1 is 1.08 bits per heavy atom. The van der Waals surface area contributed by atoms with Crippen molar-refractivity contribution in [3.63, 3.8) is 0 Å².